The highest BCUT2D eigenvalue weighted by molar-refractivity contribution is 6.09. The van der Waals surface area contributed by atoms with E-state index in [-0.39, 0.29) is 11.5 Å². The molecule has 4 aromatic carbocycles. The van der Waals surface area contributed by atoms with Gasteiger partial charge >= 0.3 is 23.9 Å². The molecule has 6 rings (SSSR count). The predicted molar refractivity (Wildman–Crippen MR) is 178 cm³/mol. The monoisotopic (exact) mass is 656 g/mol. The Kier molecular flexibility index (Phi) is 8.99. The standard InChI is InChI=1S/C38H28N2O9/c1-21-31-19-27(47-25-11-7-5-8-12-25)15-17-29(31)35(45-23(3)41)33(39-21)37(43)49-38(44)34-36(46-24(4)42)30-18-16-28(20-32(30)22(2)40-34)48-26-13-9-6-10-14-26/h5-20H,1-4H3. The number of hydrogen-bond acceptors (Lipinski definition) is 11. The predicted octanol–water partition coefficient (Wildman–Crippen LogP) is 7.83. The number of rotatable bonds is 8. The van der Waals surface area contributed by atoms with Gasteiger partial charge in [0, 0.05) is 46.8 Å². The van der Waals surface area contributed by atoms with Gasteiger partial charge in [0.15, 0.2) is 22.9 Å². The van der Waals surface area contributed by atoms with Crippen molar-refractivity contribution in [2.24, 2.45) is 0 Å². The molecule has 0 unspecified atom stereocenters. The fourth-order valence-electron chi connectivity index (χ4n) is 5.18. The average molecular weight is 657 g/mol. The van der Waals surface area contributed by atoms with E-state index in [4.69, 9.17) is 23.7 Å². The van der Waals surface area contributed by atoms with Gasteiger partial charge in [-0.05, 0) is 74.5 Å². The van der Waals surface area contributed by atoms with Gasteiger partial charge in [0.25, 0.3) is 0 Å². The van der Waals surface area contributed by atoms with Crippen LogP contribution in [0.1, 0.15) is 46.2 Å². The van der Waals surface area contributed by atoms with Crippen molar-refractivity contribution in [3.8, 4) is 34.5 Å². The Balaban J connectivity index is 1.35. The summed E-state index contributed by atoms with van der Waals surface area (Å²) in [6, 6.07) is 28.2. The van der Waals surface area contributed by atoms with Gasteiger partial charge in [-0.15, -0.1) is 0 Å². The highest BCUT2D eigenvalue weighted by atomic mass is 16.6. The number of pyridine rings is 2. The number of nitrogens with zero attached hydrogens (tertiary/aromatic N) is 2. The second-order valence-corrected chi connectivity index (χ2v) is 10.9. The van der Waals surface area contributed by atoms with Gasteiger partial charge in [0.1, 0.15) is 23.0 Å². The van der Waals surface area contributed by atoms with Crippen molar-refractivity contribution in [1.82, 2.24) is 9.97 Å². The maximum atomic E-state index is 13.6. The number of esters is 4. The second-order valence-electron chi connectivity index (χ2n) is 10.9. The third kappa shape index (κ3) is 7.05. The number of fused-ring (bicyclic) bond motifs is 2. The van der Waals surface area contributed by atoms with Gasteiger partial charge in [0.05, 0.1) is 0 Å². The van der Waals surface area contributed by atoms with E-state index in [1.165, 1.54) is 13.8 Å². The first kappa shape index (κ1) is 32.3. The fraction of sp³-hybridized carbons (Fsp3) is 0.105. The molecule has 0 atom stereocenters. The molecule has 11 nitrogen and oxygen atoms in total. The van der Waals surface area contributed by atoms with Crippen LogP contribution in [0.25, 0.3) is 21.5 Å². The molecule has 2 aromatic heterocycles. The molecule has 0 fully saturated rings. The minimum absolute atomic E-state index is 0.203. The van der Waals surface area contributed by atoms with Gasteiger partial charge in [-0.3, -0.25) is 9.59 Å². The maximum absolute atomic E-state index is 13.6. The molecule has 49 heavy (non-hydrogen) atoms. The van der Waals surface area contributed by atoms with Crippen LogP contribution < -0.4 is 18.9 Å². The Morgan fingerprint density at radius 2 is 0.878 bits per heavy atom. The van der Waals surface area contributed by atoms with Crippen molar-refractivity contribution in [1.29, 1.82) is 0 Å². The van der Waals surface area contributed by atoms with E-state index in [0.29, 0.717) is 55.9 Å². The lowest BCUT2D eigenvalue weighted by atomic mass is 10.1. The maximum Gasteiger partial charge on any atom is 0.368 e. The summed E-state index contributed by atoms with van der Waals surface area (Å²) in [7, 11) is 0. The van der Waals surface area contributed by atoms with Crippen LogP contribution in [0.2, 0.25) is 0 Å². The first-order chi connectivity index (χ1) is 23.6. The van der Waals surface area contributed by atoms with Crippen LogP contribution in [-0.2, 0) is 14.3 Å². The summed E-state index contributed by atoms with van der Waals surface area (Å²) < 4.78 is 28.0. The van der Waals surface area contributed by atoms with E-state index in [9.17, 15) is 19.2 Å². The molecule has 0 aliphatic heterocycles. The van der Waals surface area contributed by atoms with Gasteiger partial charge < -0.3 is 23.7 Å². The number of carbonyl (C=O) groups is 4. The van der Waals surface area contributed by atoms with E-state index < -0.39 is 35.3 Å². The van der Waals surface area contributed by atoms with Crippen molar-refractivity contribution in [2.45, 2.75) is 27.7 Å². The van der Waals surface area contributed by atoms with Gasteiger partial charge in [-0.2, -0.15) is 0 Å². The third-order valence-electron chi connectivity index (χ3n) is 7.26. The zero-order valence-corrected chi connectivity index (χ0v) is 26.8. The fourth-order valence-corrected chi connectivity index (χ4v) is 5.18. The number of aryl methyl sites for hydroxylation is 2. The summed E-state index contributed by atoms with van der Waals surface area (Å²) in [4.78, 5) is 60.1. The highest BCUT2D eigenvalue weighted by Crippen LogP contribution is 2.37. The Morgan fingerprint density at radius 1 is 0.490 bits per heavy atom. The molecular weight excluding hydrogens is 628 g/mol. The highest BCUT2D eigenvalue weighted by Gasteiger charge is 2.29. The quantitative estimate of drug-likeness (QED) is 0.117. The van der Waals surface area contributed by atoms with Crippen LogP contribution in [0, 0.1) is 13.8 Å². The minimum Gasteiger partial charge on any atom is -0.457 e. The van der Waals surface area contributed by atoms with E-state index in [0.717, 1.165) is 0 Å². The largest absolute Gasteiger partial charge is 0.457 e. The molecule has 0 saturated heterocycles. The number of hydrogen-bond donors (Lipinski definition) is 0. The summed E-state index contributed by atoms with van der Waals surface area (Å²) in [5.41, 5.74) is -0.0886. The lowest BCUT2D eigenvalue weighted by molar-refractivity contribution is -0.132. The lowest BCUT2D eigenvalue weighted by Gasteiger charge is -2.15. The van der Waals surface area contributed by atoms with Gasteiger partial charge in [-0.1, -0.05) is 36.4 Å². The summed E-state index contributed by atoms with van der Waals surface area (Å²) in [6.45, 7) is 5.63. The van der Waals surface area contributed by atoms with E-state index in [1.54, 1.807) is 74.5 Å². The van der Waals surface area contributed by atoms with Gasteiger partial charge in [-0.25, -0.2) is 19.6 Å². The number of carbonyl (C=O) groups excluding carboxylic acids is 4. The molecule has 0 saturated carbocycles. The molecule has 0 radical (unpaired) electrons. The van der Waals surface area contributed by atoms with Crippen LogP contribution in [0.5, 0.6) is 34.5 Å². The zero-order valence-electron chi connectivity index (χ0n) is 26.8. The smallest absolute Gasteiger partial charge is 0.368 e. The summed E-state index contributed by atoms with van der Waals surface area (Å²) in [5.74, 6) is -2.10. The van der Waals surface area contributed by atoms with E-state index in [2.05, 4.69) is 9.97 Å². The lowest BCUT2D eigenvalue weighted by Crippen LogP contribution is -2.19. The van der Waals surface area contributed by atoms with Crippen LogP contribution in [0.4, 0.5) is 0 Å². The van der Waals surface area contributed by atoms with Crippen LogP contribution in [0.15, 0.2) is 97.1 Å². The molecule has 0 spiro atoms. The minimum atomic E-state index is -1.21. The number of para-hydroxylation sites is 2. The van der Waals surface area contributed by atoms with Crippen LogP contribution in [-0.4, -0.2) is 33.8 Å². The Labute approximate surface area is 280 Å². The zero-order chi connectivity index (χ0) is 34.7. The van der Waals surface area contributed by atoms with Gasteiger partial charge in [0.2, 0.25) is 0 Å². The summed E-state index contributed by atoms with van der Waals surface area (Å²) >= 11 is 0. The molecular formula is C38H28N2O9. The molecule has 0 aliphatic rings. The topological polar surface area (TPSA) is 140 Å². The Bertz CT molecular complexity index is 2110. The molecule has 11 heteroatoms. The SMILES string of the molecule is CC(=O)Oc1c(C(=O)OC(=O)c2nc(C)c3cc(Oc4ccccc4)ccc3c2OC(C)=O)nc(C)c2cc(Oc3ccccc3)ccc12. The Morgan fingerprint density at radius 3 is 1.24 bits per heavy atom. The van der Waals surface area contributed by atoms with Crippen molar-refractivity contribution in [2.75, 3.05) is 0 Å². The summed E-state index contributed by atoms with van der Waals surface area (Å²) in [5, 5.41) is 1.78. The van der Waals surface area contributed by atoms with Crippen LogP contribution >= 0.6 is 0 Å². The molecule has 2 heterocycles. The molecule has 0 amide bonds. The molecule has 0 N–H and O–H groups in total. The summed E-state index contributed by atoms with van der Waals surface area (Å²) in [6.07, 6.45) is 0. The average Bonchev–Trinajstić information content (AvgIpc) is 3.07. The molecule has 0 bridgehead atoms. The normalized spacial score (nSPS) is 10.8. The van der Waals surface area contributed by atoms with Crippen molar-refractivity contribution < 1.29 is 42.9 Å². The second kappa shape index (κ2) is 13.6. The molecule has 244 valence electrons. The van der Waals surface area contributed by atoms with Crippen molar-refractivity contribution in [3.63, 3.8) is 0 Å². The Hall–Kier alpha value is -6.62. The first-order valence-electron chi connectivity index (χ1n) is 15.0. The van der Waals surface area contributed by atoms with E-state index >= 15 is 0 Å². The van der Waals surface area contributed by atoms with E-state index in [1.807, 2.05) is 36.4 Å². The van der Waals surface area contributed by atoms with Crippen molar-refractivity contribution in [3.05, 3.63) is 120 Å². The third-order valence-corrected chi connectivity index (χ3v) is 7.26. The number of ether oxygens (including phenoxy) is 5. The molecule has 0 aliphatic carbocycles. The van der Waals surface area contributed by atoms with Crippen molar-refractivity contribution >= 4 is 45.4 Å². The molecule has 6 aromatic rings. The van der Waals surface area contributed by atoms with Crippen LogP contribution in [0.3, 0.4) is 0 Å². The number of aromatic nitrogens is 2. The first-order valence-corrected chi connectivity index (χ1v) is 15.0. The number of benzene rings is 4.